The van der Waals surface area contributed by atoms with Gasteiger partial charge in [0.2, 0.25) is 0 Å². The largest absolute Gasteiger partial charge is 0.467 e. The zero-order valence-corrected chi connectivity index (χ0v) is 14.9. The number of carbonyl (C=O) groups excluding carboxylic acids is 1. The normalized spacial score (nSPS) is 31.0. The van der Waals surface area contributed by atoms with Crippen LogP contribution in [0.5, 0.6) is 0 Å². The van der Waals surface area contributed by atoms with E-state index in [1.807, 2.05) is 30.3 Å². The summed E-state index contributed by atoms with van der Waals surface area (Å²) in [5.74, 6) is -0.919. The Morgan fingerprint density at radius 1 is 1.31 bits per heavy atom. The summed E-state index contributed by atoms with van der Waals surface area (Å²) in [6, 6.07) is 9.40. The van der Waals surface area contributed by atoms with Crippen molar-refractivity contribution in [1.82, 2.24) is 0 Å². The van der Waals surface area contributed by atoms with Crippen molar-refractivity contribution in [3.8, 4) is 0 Å². The van der Waals surface area contributed by atoms with Crippen LogP contribution in [0, 0.1) is 5.92 Å². The minimum absolute atomic E-state index is 0.0513. The molecule has 3 rings (SSSR count). The first-order valence-electron chi connectivity index (χ1n) is 8.48. The number of esters is 1. The van der Waals surface area contributed by atoms with E-state index >= 15 is 0 Å². The van der Waals surface area contributed by atoms with Crippen molar-refractivity contribution in [2.45, 2.75) is 24.4 Å². The molecule has 7 heteroatoms. The lowest BCUT2D eigenvalue weighted by atomic mass is 9.73. The van der Waals surface area contributed by atoms with Gasteiger partial charge in [-0.05, 0) is 5.57 Å². The number of methoxy groups -OCH3 is 2. The third-order valence-corrected chi connectivity index (χ3v) is 4.81. The average molecular weight is 364 g/mol. The van der Waals surface area contributed by atoms with Gasteiger partial charge in [0, 0.05) is 19.1 Å². The van der Waals surface area contributed by atoms with Crippen molar-refractivity contribution in [1.29, 1.82) is 0 Å². The number of rotatable bonds is 6. The summed E-state index contributed by atoms with van der Waals surface area (Å²) >= 11 is 0. The minimum Gasteiger partial charge on any atom is -0.467 e. The highest BCUT2D eigenvalue weighted by Gasteiger charge is 2.57. The molecule has 0 bridgehead atoms. The lowest BCUT2D eigenvalue weighted by Crippen LogP contribution is -2.60. The highest BCUT2D eigenvalue weighted by molar-refractivity contribution is 5.81. The van der Waals surface area contributed by atoms with Crippen LogP contribution in [0.4, 0.5) is 0 Å². The van der Waals surface area contributed by atoms with E-state index in [9.17, 15) is 9.90 Å². The van der Waals surface area contributed by atoms with E-state index in [4.69, 9.17) is 23.7 Å². The van der Waals surface area contributed by atoms with Gasteiger partial charge in [0.1, 0.15) is 6.79 Å². The number of aliphatic hydroxyl groups excluding tert-OH is 1. The van der Waals surface area contributed by atoms with Crippen LogP contribution in [0.3, 0.4) is 0 Å². The molecule has 1 aliphatic carbocycles. The van der Waals surface area contributed by atoms with Crippen LogP contribution < -0.4 is 0 Å². The summed E-state index contributed by atoms with van der Waals surface area (Å²) < 4.78 is 27.9. The van der Waals surface area contributed by atoms with Gasteiger partial charge in [-0.2, -0.15) is 0 Å². The van der Waals surface area contributed by atoms with Crippen LogP contribution in [0.2, 0.25) is 0 Å². The SMILES string of the molecule is COCO[C@H]1C=C(CO)C[C@]2(C(=O)OC)O[C@H](c3ccccc3)OC[C@H]12. The summed E-state index contributed by atoms with van der Waals surface area (Å²) in [6.45, 7) is 0.104. The average Bonchev–Trinajstić information content (AvgIpc) is 2.71. The molecule has 1 heterocycles. The molecule has 0 aromatic heterocycles. The second kappa shape index (κ2) is 8.28. The van der Waals surface area contributed by atoms with Crippen molar-refractivity contribution in [2.24, 2.45) is 5.92 Å². The molecular weight excluding hydrogens is 340 g/mol. The van der Waals surface area contributed by atoms with Gasteiger partial charge in [0.15, 0.2) is 11.9 Å². The van der Waals surface area contributed by atoms with Crippen molar-refractivity contribution >= 4 is 5.97 Å². The third kappa shape index (κ3) is 3.54. The number of ether oxygens (including phenoxy) is 5. The predicted octanol–water partition coefficient (Wildman–Crippen LogP) is 1.57. The van der Waals surface area contributed by atoms with Crippen molar-refractivity contribution in [3.05, 3.63) is 47.5 Å². The lowest BCUT2D eigenvalue weighted by Gasteiger charge is -2.49. The fourth-order valence-electron chi connectivity index (χ4n) is 3.55. The van der Waals surface area contributed by atoms with Gasteiger partial charge >= 0.3 is 5.97 Å². The van der Waals surface area contributed by atoms with E-state index < -0.39 is 29.9 Å². The maximum absolute atomic E-state index is 12.8. The van der Waals surface area contributed by atoms with Crippen LogP contribution in [-0.4, -0.2) is 57.0 Å². The second-order valence-electron chi connectivity index (χ2n) is 6.38. The Morgan fingerprint density at radius 3 is 2.73 bits per heavy atom. The van der Waals surface area contributed by atoms with Crippen molar-refractivity contribution < 1.29 is 33.6 Å². The summed E-state index contributed by atoms with van der Waals surface area (Å²) in [7, 11) is 2.85. The monoisotopic (exact) mass is 364 g/mol. The van der Waals surface area contributed by atoms with Crippen LogP contribution in [0.15, 0.2) is 42.0 Å². The minimum atomic E-state index is -1.29. The lowest BCUT2D eigenvalue weighted by molar-refractivity contribution is -0.301. The maximum Gasteiger partial charge on any atom is 0.339 e. The molecular formula is C19H24O7. The first-order chi connectivity index (χ1) is 12.6. The third-order valence-electron chi connectivity index (χ3n) is 4.81. The topological polar surface area (TPSA) is 83.5 Å². The molecule has 0 saturated carbocycles. The zero-order chi connectivity index (χ0) is 18.6. The Morgan fingerprint density at radius 2 is 2.08 bits per heavy atom. The first-order valence-corrected chi connectivity index (χ1v) is 8.48. The van der Waals surface area contributed by atoms with Crippen molar-refractivity contribution in [2.75, 3.05) is 34.2 Å². The second-order valence-corrected chi connectivity index (χ2v) is 6.38. The van der Waals surface area contributed by atoms with Crippen LogP contribution >= 0.6 is 0 Å². The molecule has 0 spiro atoms. The van der Waals surface area contributed by atoms with E-state index in [0.717, 1.165) is 5.56 Å². The smallest absolute Gasteiger partial charge is 0.339 e. The van der Waals surface area contributed by atoms with Gasteiger partial charge in [0.05, 0.1) is 32.3 Å². The molecule has 1 aromatic rings. The number of carbonyl (C=O) groups is 1. The Labute approximate surface area is 152 Å². The van der Waals surface area contributed by atoms with Gasteiger partial charge in [-0.15, -0.1) is 0 Å². The highest BCUT2D eigenvalue weighted by atomic mass is 16.7. The zero-order valence-electron chi connectivity index (χ0n) is 14.9. The molecule has 1 aromatic carbocycles. The fraction of sp³-hybridized carbons (Fsp3) is 0.526. The van der Waals surface area contributed by atoms with Crippen molar-refractivity contribution in [3.63, 3.8) is 0 Å². The van der Waals surface area contributed by atoms with E-state index in [1.54, 1.807) is 6.08 Å². The van der Waals surface area contributed by atoms with Crippen LogP contribution in [0.25, 0.3) is 0 Å². The molecule has 4 atom stereocenters. The summed E-state index contributed by atoms with van der Waals surface area (Å²) in [5.41, 5.74) is 0.170. The maximum atomic E-state index is 12.8. The highest BCUT2D eigenvalue weighted by Crippen LogP contribution is 2.46. The van der Waals surface area contributed by atoms with Gasteiger partial charge in [-0.1, -0.05) is 36.4 Å². The van der Waals surface area contributed by atoms with E-state index in [-0.39, 0.29) is 26.4 Å². The van der Waals surface area contributed by atoms with Gasteiger partial charge in [-0.25, -0.2) is 4.79 Å². The number of aliphatic hydroxyl groups is 1. The Hall–Kier alpha value is -1.77. The molecule has 1 saturated heterocycles. The number of hydrogen-bond acceptors (Lipinski definition) is 7. The van der Waals surface area contributed by atoms with E-state index in [2.05, 4.69) is 0 Å². The number of hydrogen-bond donors (Lipinski definition) is 1. The van der Waals surface area contributed by atoms with Gasteiger partial charge in [0.25, 0.3) is 0 Å². The van der Waals surface area contributed by atoms with Crippen LogP contribution in [-0.2, 0) is 28.5 Å². The van der Waals surface area contributed by atoms with Gasteiger partial charge < -0.3 is 28.8 Å². The Balaban J connectivity index is 1.95. The number of fused-ring (bicyclic) bond motifs is 1. The standard InChI is InChI=1S/C19H24O7/c1-22-12-25-16-8-13(10-20)9-19(18(21)23-2)15(16)11-24-17(26-19)14-6-4-3-5-7-14/h3-8,15-17,20H,9-12H2,1-2H3/t15-,16+,17-,19+/m1/s1. The molecule has 1 N–H and O–H groups in total. The van der Waals surface area contributed by atoms with E-state index in [0.29, 0.717) is 5.57 Å². The summed E-state index contributed by atoms with van der Waals surface area (Å²) in [5, 5.41) is 9.68. The van der Waals surface area contributed by atoms with E-state index in [1.165, 1.54) is 14.2 Å². The van der Waals surface area contributed by atoms with Gasteiger partial charge in [-0.3, -0.25) is 0 Å². The molecule has 0 radical (unpaired) electrons. The molecule has 7 nitrogen and oxygen atoms in total. The molecule has 26 heavy (non-hydrogen) atoms. The van der Waals surface area contributed by atoms with Crippen LogP contribution in [0.1, 0.15) is 18.3 Å². The molecule has 1 aliphatic heterocycles. The summed E-state index contributed by atoms with van der Waals surface area (Å²) in [4.78, 5) is 12.8. The predicted molar refractivity (Wildman–Crippen MR) is 91.0 cm³/mol. The molecule has 0 amide bonds. The number of benzene rings is 1. The molecule has 1 fully saturated rings. The first kappa shape index (κ1) is 19.0. The molecule has 2 aliphatic rings. The molecule has 0 unspecified atom stereocenters. The molecule has 142 valence electrons. The summed E-state index contributed by atoms with van der Waals surface area (Å²) in [6.07, 6.45) is 0.829. The Bertz CT molecular complexity index is 645. The Kier molecular flexibility index (Phi) is 6.05. The quantitative estimate of drug-likeness (QED) is 0.466. The fourth-order valence-corrected chi connectivity index (χ4v) is 3.55.